The second-order valence-electron chi connectivity index (χ2n) is 4.10. The zero-order chi connectivity index (χ0) is 20.7. The fraction of sp³-hybridized carbons (Fsp3) is 0.308. The molecule has 3 amide bonds. The normalized spacial score (nSPS) is 35.8. The van der Waals surface area contributed by atoms with E-state index in [1.54, 1.807) is 0 Å². The maximum absolute atomic E-state index is 14.0. The molecule has 0 spiro atoms. The number of amides is 3. The van der Waals surface area contributed by atoms with Gasteiger partial charge in [0.2, 0.25) is 11.8 Å². The van der Waals surface area contributed by atoms with Crippen LogP contribution in [0.15, 0.2) is 12.1 Å². The number of nitrogens with two attached hydrogens (primary N) is 1. The van der Waals surface area contributed by atoms with Crippen LogP contribution in [0.4, 0.5) is 10.1 Å². The summed E-state index contributed by atoms with van der Waals surface area (Å²) in [5.74, 6) is -5.91. The monoisotopic (exact) mass is 284 g/mol. The van der Waals surface area contributed by atoms with Crippen LogP contribution in [0.5, 0.6) is 0 Å². The van der Waals surface area contributed by atoms with Gasteiger partial charge in [0.1, 0.15) is 11.8 Å². The largest absolute Gasteiger partial charge is 0.398 e. The van der Waals surface area contributed by atoms with E-state index >= 15 is 0 Å². The highest BCUT2D eigenvalue weighted by Gasteiger charge is 2.39. The van der Waals surface area contributed by atoms with Crippen molar-refractivity contribution < 1.29 is 28.4 Å². The van der Waals surface area contributed by atoms with E-state index in [1.807, 2.05) is 0 Å². The molecule has 20 heavy (non-hydrogen) atoms. The summed E-state index contributed by atoms with van der Waals surface area (Å²) in [6.07, 6.45) is -6.84. The number of halogens is 1. The van der Waals surface area contributed by atoms with Crippen molar-refractivity contribution in [3.63, 3.8) is 0 Å². The standard InChI is InChI=1S/C13H12FN3O3/c14-6-3-7-8(9(15)4-6)5-17(13(7)20)10-1-2-11(18)16-12(10)19/h3-4,10H,1-2,5,15H2,(H,16,18,19)/t10-/m0/s1/i1D2,2D2,3D,4D,10D. The van der Waals surface area contributed by atoms with Crippen LogP contribution in [0.2, 0.25) is 0 Å². The third-order valence-corrected chi connectivity index (χ3v) is 2.89. The fourth-order valence-corrected chi connectivity index (χ4v) is 1.99. The molecule has 104 valence electrons. The van der Waals surface area contributed by atoms with Crippen molar-refractivity contribution in [2.24, 2.45) is 0 Å². The number of rotatable bonds is 1. The predicted octanol–water partition coefficient (Wildman–Crippen LogP) is 0.169. The van der Waals surface area contributed by atoms with Crippen molar-refractivity contribution >= 4 is 23.4 Å². The Bertz CT molecular complexity index is 938. The first-order valence-corrected chi connectivity index (χ1v) is 5.46. The topological polar surface area (TPSA) is 92.5 Å². The van der Waals surface area contributed by atoms with Gasteiger partial charge >= 0.3 is 0 Å². The highest BCUT2D eigenvalue weighted by Crippen LogP contribution is 2.31. The average Bonchev–Trinajstić information content (AvgIpc) is 2.93. The van der Waals surface area contributed by atoms with Crippen LogP contribution in [-0.2, 0) is 16.1 Å². The van der Waals surface area contributed by atoms with Crippen molar-refractivity contribution in [2.75, 3.05) is 5.73 Å². The van der Waals surface area contributed by atoms with Gasteiger partial charge in [-0.25, -0.2) is 4.39 Å². The van der Waals surface area contributed by atoms with E-state index < -0.39 is 72.2 Å². The number of carbonyl (C=O) groups excluding carboxylic acids is 3. The number of piperidine rings is 1. The Balaban J connectivity index is 2.22. The van der Waals surface area contributed by atoms with Gasteiger partial charge in [-0.15, -0.1) is 0 Å². The van der Waals surface area contributed by atoms with Crippen molar-refractivity contribution in [3.8, 4) is 0 Å². The first kappa shape index (κ1) is 6.83. The number of carbonyl (C=O) groups is 3. The number of hydrogen-bond donors (Lipinski definition) is 2. The van der Waals surface area contributed by atoms with Gasteiger partial charge in [0.25, 0.3) is 5.91 Å². The third kappa shape index (κ3) is 1.82. The molecule has 1 saturated heterocycles. The molecular weight excluding hydrogens is 265 g/mol. The zero-order valence-corrected chi connectivity index (χ0v) is 9.83. The molecular formula is C13H12FN3O3. The van der Waals surface area contributed by atoms with E-state index in [1.165, 1.54) is 5.32 Å². The van der Waals surface area contributed by atoms with Crippen molar-refractivity contribution in [2.45, 2.75) is 25.3 Å². The Morgan fingerprint density at radius 2 is 2.25 bits per heavy atom. The first-order valence-electron chi connectivity index (χ1n) is 8.96. The molecule has 0 aromatic heterocycles. The minimum atomic E-state index is -3.49. The average molecular weight is 284 g/mol. The number of imide groups is 1. The van der Waals surface area contributed by atoms with E-state index in [4.69, 9.17) is 15.3 Å². The van der Waals surface area contributed by atoms with Gasteiger partial charge in [0, 0.05) is 35.2 Å². The minimum absolute atomic E-state index is 0.246. The molecule has 0 unspecified atom stereocenters. The molecule has 0 aliphatic carbocycles. The Morgan fingerprint density at radius 3 is 3.00 bits per heavy atom. The van der Waals surface area contributed by atoms with Crippen LogP contribution in [-0.4, -0.2) is 28.6 Å². The number of nitrogen functional groups attached to an aromatic ring is 1. The van der Waals surface area contributed by atoms with Gasteiger partial charge in [-0.05, 0) is 18.5 Å². The molecule has 7 heteroatoms. The molecule has 2 aliphatic heterocycles. The van der Waals surface area contributed by atoms with Gasteiger partial charge < -0.3 is 10.6 Å². The molecule has 1 atom stereocenters. The summed E-state index contributed by atoms with van der Waals surface area (Å²) in [5.41, 5.74) is 4.19. The number of benzene rings is 1. The summed E-state index contributed by atoms with van der Waals surface area (Å²) in [5, 5.41) is 1.53. The number of anilines is 1. The second kappa shape index (κ2) is 4.29. The van der Waals surface area contributed by atoms with Gasteiger partial charge in [0.15, 0.2) is 0 Å². The van der Waals surface area contributed by atoms with Gasteiger partial charge in [-0.3, -0.25) is 19.7 Å². The lowest BCUT2D eigenvalue weighted by molar-refractivity contribution is -0.136. The van der Waals surface area contributed by atoms with Crippen LogP contribution < -0.4 is 11.1 Å². The molecule has 1 fully saturated rings. The Morgan fingerprint density at radius 1 is 1.50 bits per heavy atom. The van der Waals surface area contributed by atoms with Crippen molar-refractivity contribution in [1.82, 2.24) is 10.2 Å². The summed E-state index contributed by atoms with van der Waals surface area (Å²) < 4.78 is 68.6. The molecule has 0 bridgehead atoms. The number of nitrogens with one attached hydrogen (secondary N) is 1. The molecule has 0 radical (unpaired) electrons. The van der Waals surface area contributed by atoms with Crippen LogP contribution in [0, 0.1) is 5.82 Å². The van der Waals surface area contributed by atoms with E-state index in [9.17, 15) is 18.8 Å². The molecule has 3 rings (SSSR count). The highest BCUT2D eigenvalue weighted by atomic mass is 19.1. The molecule has 0 saturated carbocycles. The maximum Gasteiger partial charge on any atom is 0.255 e. The van der Waals surface area contributed by atoms with E-state index in [0.29, 0.717) is 0 Å². The van der Waals surface area contributed by atoms with Crippen LogP contribution in [0.1, 0.15) is 38.3 Å². The third-order valence-electron chi connectivity index (χ3n) is 2.89. The summed E-state index contributed by atoms with van der Waals surface area (Å²) in [6.45, 7) is -0.737. The zero-order valence-electron chi connectivity index (χ0n) is 16.8. The molecule has 2 aliphatic rings. The SMILES string of the molecule is [2H]c1c(N)c2c(c([2H])c1F)C(=O)N([C@]1([2H])C(=O)NC(=O)C([2H])([2H])C1([2H])[2H])C2. The Labute approximate surface area is 123 Å². The summed E-state index contributed by atoms with van der Waals surface area (Å²) in [6, 6.07) is -5.12. The Hall–Kier alpha value is -2.44. The van der Waals surface area contributed by atoms with Crippen molar-refractivity contribution in [1.29, 1.82) is 0 Å². The predicted molar refractivity (Wildman–Crippen MR) is 66.9 cm³/mol. The number of fused-ring (bicyclic) bond motifs is 1. The van der Waals surface area contributed by atoms with Crippen LogP contribution in [0.25, 0.3) is 0 Å². The number of nitrogens with zero attached hydrogens (tertiary/aromatic N) is 1. The lowest BCUT2D eigenvalue weighted by atomic mass is 10.0. The van der Waals surface area contributed by atoms with Crippen LogP contribution in [0.3, 0.4) is 0 Å². The molecule has 3 N–H and O–H groups in total. The lowest BCUT2D eigenvalue weighted by Gasteiger charge is -2.29. The molecule has 6 nitrogen and oxygen atoms in total. The Kier molecular flexibility index (Phi) is 1.47. The fourth-order valence-electron chi connectivity index (χ4n) is 1.99. The lowest BCUT2D eigenvalue weighted by Crippen LogP contribution is -2.52. The maximum atomic E-state index is 14.0. The minimum Gasteiger partial charge on any atom is -0.398 e. The van der Waals surface area contributed by atoms with Crippen LogP contribution >= 0.6 is 0 Å². The van der Waals surface area contributed by atoms with Crippen molar-refractivity contribution in [3.05, 3.63) is 29.0 Å². The first-order chi connectivity index (χ1) is 12.2. The molecule has 1 aromatic rings. The molecule has 1 aromatic carbocycles. The van der Waals surface area contributed by atoms with E-state index in [-0.39, 0.29) is 10.5 Å². The van der Waals surface area contributed by atoms with Gasteiger partial charge in [-0.2, -0.15) is 0 Å². The van der Waals surface area contributed by atoms with E-state index in [2.05, 4.69) is 0 Å². The summed E-state index contributed by atoms with van der Waals surface area (Å²) in [4.78, 5) is 37.0. The summed E-state index contributed by atoms with van der Waals surface area (Å²) >= 11 is 0. The second-order valence-corrected chi connectivity index (χ2v) is 4.10. The summed E-state index contributed by atoms with van der Waals surface area (Å²) in [7, 11) is 0. The quantitative estimate of drug-likeness (QED) is 0.568. The highest BCUT2D eigenvalue weighted by molar-refractivity contribution is 6.06. The van der Waals surface area contributed by atoms with E-state index in [0.717, 1.165) is 0 Å². The molecule has 2 heterocycles. The van der Waals surface area contributed by atoms with Gasteiger partial charge in [0.05, 0.1) is 4.11 Å². The smallest absolute Gasteiger partial charge is 0.255 e. The van der Waals surface area contributed by atoms with Gasteiger partial charge in [-0.1, -0.05) is 0 Å². The number of hydrogen-bond acceptors (Lipinski definition) is 4.